The number of aryl methyl sites for hydroxylation is 2. The number of fused-ring (bicyclic) bond motifs is 5. The number of rotatable bonds is 36. The number of nitrogens with one attached hydrogen (secondary N) is 4. The van der Waals surface area contributed by atoms with Crippen LogP contribution in [0, 0.1) is 16.7 Å². The van der Waals surface area contributed by atoms with Crippen molar-refractivity contribution in [3.05, 3.63) is 203 Å². The highest BCUT2D eigenvalue weighted by atomic mass is 15.6. The van der Waals surface area contributed by atoms with Gasteiger partial charge in [-0.25, -0.2) is 4.98 Å². The Morgan fingerprint density at radius 1 is 0.756 bits per heavy atom. The third-order valence-corrected chi connectivity index (χ3v) is 19.8. The summed E-state index contributed by atoms with van der Waals surface area (Å²) in [6.45, 7) is 67.0. The highest BCUT2D eigenvalue weighted by Crippen LogP contribution is 2.47. The number of hydrazine groups is 1. The Morgan fingerprint density at radius 3 is 2.10 bits per heavy atom. The van der Waals surface area contributed by atoms with E-state index in [1.807, 2.05) is 0 Å². The Hall–Kier alpha value is -6.41. The third-order valence-electron chi connectivity index (χ3n) is 19.8. The first-order chi connectivity index (χ1) is 40.7. The van der Waals surface area contributed by atoms with Gasteiger partial charge < -0.3 is 26.2 Å². The van der Waals surface area contributed by atoms with E-state index in [2.05, 4.69) is 208 Å². The number of hydrogen-bond acceptors (Lipinski definition) is 8. The van der Waals surface area contributed by atoms with Gasteiger partial charge in [0.2, 0.25) is 0 Å². The van der Waals surface area contributed by atoms with Crippen LogP contribution in [0.4, 0.5) is 0 Å². The maximum atomic E-state index is 5.35. The van der Waals surface area contributed by atoms with Gasteiger partial charge in [0.15, 0.2) is 0 Å². The molecule has 0 fully saturated rings. The van der Waals surface area contributed by atoms with E-state index < -0.39 is 0 Å². The van der Waals surface area contributed by atoms with E-state index in [9.17, 15) is 0 Å². The summed E-state index contributed by atoms with van der Waals surface area (Å²) < 4.78 is 0. The number of nitrogens with zero attached hydrogens (tertiary/aromatic N) is 4. The van der Waals surface area contributed by atoms with Crippen LogP contribution in [0.1, 0.15) is 214 Å². The Kier molecular flexibility index (Phi) is 23.0. The maximum absolute atomic E-state index is 5.35. The molecule has 2 aliphatic carbocycles. The van der Waals surface area contributed by atoms with Gasteiger partial charge in [-0.3, -0.25) is 10.0 Å². The molecule has 8 nitrogen and oxygen atoms in total. The van der Waals surface area contributed by atoms with Crippen molar-refractivity contribution in [1.82, 2.24) is 41.2 Å². The van der Waals surface area contributed by atoms with Crippen LogP contribution in [-0.4, -0.2) is 58.2 Å². The van der Waals surface area contributed by atoms with Crippen molar-refractivity contribution < 1.29 is 0 Å². The number of hydrogen-bond donors (Lipinski definition) is 4. The fourth-order valence-electron chi connectivity index (χ4n) is 13.5. The zero-order chi connectivity index (χ0) is 62.7. The molecular weight excluding hydrogens is 1050 g/mol. The first-order valence-electron chi connectivity index (χ1n) is 33.1. The number of unbranched alkanes of at least 4 members (excludes halogenated alkanes) is 2. The molecule has 4 heterocycles. The molecule has 8 heteroatoms. The van der Waals surface area contributed by atoms with Crippen LogP contribution in [0.5, 0.6) is 0 Å². The van der Waals surface area contributed by atoms with Crippen molar-refractivity contribution in [2.75, 3.05) is 26.7 Å². The normalized spacial score (nSPS) is 18.4. The van der Waals surface area contributed by atoms with Crippen molar-refractivity contribution in [3.8, 4) is 0 Å². The number of likely N-dealkylation sites (N-methyl/N-ethyl adjacent to an activating group) is 1. The van der Waals surface area contributed by atoms with Crippen LogP contribution >= 0.6 is 0 Å². The Balaban J connectivity index is 0.798. The molecule has 5 aliphatic rings. The molecule has 86 heavy (non-hydrogen) atoms. The summed E-state index contributed by atoms with van der Waals surface area (Å²) in [7, 11) is 2.06. The molecule has 0 saturated carbocycles. The van der Waals surface area contributed by atoms with E-state index in [0.29, 0.717) is 0 Å². The predicted octanol–water partition coefficient (Wildman–Crippen LogP) is 19.1. The van der Waals surface area contributed by atoms with Gasteiger partial charge in [0, 0.05) is 78.5 Å². The summed E-state index contributed by atoms with van der Waals surface area (Å²) >= 11 is 0. The highest BCUT2D eigenvalue weighted by Gasteiger charge is 2.36. The van der Waals surface area contributed by atoms with Crippen LogP contribution in [0.25, 0.3) is 16.6 Å². The molecule has 1 aromatic carbocycles. The summed E-state index contributed by atoms with van der Waals surface area (Å²) in [6, 6.07) is 7.23. The second-order valence-electron chi connectivity index (χ2n) is 28.2. The maximum Gasteiger partial charge on any atom is 0.0924 e. The molecule has 7 rings (SSSR count). The fraction of sp³-hybridized carbons (Fsp3) is 0.526. The minimum atomic E-state index is -0.221. The van der Waals surface area contributed by atoms with Gasteiger partial charge in [0.25, 0.3) is 0 Å². The summed E-state index contributed by atoms with van der Waals surface area (Å²) in [5, 5.41) is 20.6. The van der Waals surface area contributed by atoms with Gasteiger partial charge in [-0.2, -0.15) is 0 Å². The lowest BCUT2D eigenvalue weighted by atomic mass is 9.75. The average molecular weight is 1160 g/mol. The lowest BCUT2D eigenvalue weighted by Gasteiger charge is -2.43. The van der Waals surface area contributed by atoms with Crippen molar-refractivity contribution in [3.63, 3.8) is 0 Å². The second kappa shape index (κ2) is 29.5. The average Bonchev–Trinajstić information content (AvgIpc) is 3.84. The molecule has 0 spiro atoms. The van der Waals surface area contributed by atoms with E-state index in [0.717, 1.165) is 167 Å². The smallest absolute Gasteiger partial charge is 0.0924 e. The first kappa shape index (κ1) is 67.1. The number of allylic oxidation sites excluding steroid dienone is 11. The van der Waals surface area contributed by atoms with E-state index >= 15 is 0 Å². The molecule has 0 bridgehead atoms. The monoisotopic (exact) mass is 1160 g/mol. The summed E-state index contributed by atoms with van der Waals surface area (Å²) in [5.41, 5.74) is 24.3. The van der Waals surface area contributed by atoms with E-state index in [-0.39, 0.29) is 28.3 Å². The lowest BCUT2D eigenvalue weighted by molar-refractivity contribution is 0.0752. The van der Waals surface area contributed by atoms with Gasteiger partial charge in [-0.15, -0.1) is 0 Å². The number of benzene rings is 1. The van der Waals surface area contributed by atoms with Crippen LogP contribution in [0.15, 0.2) is 181 Å². The third kappa shape index (κ3) is 17.4. The van der Waals surface area contributed by atoms with Crippen molar-refractivity contribution >= 4 is 16.6 Å². The molecule has 0 saturated heterocycles. The molecule has 1 aromatic heterocycles. The van der Waals surface area contributed by atoms with Gasteiger partial charge in [-0.05, 0) is 205 Å². The van der Waals surface area contributed by atoms with Crippen LogP contribution in [0.3, 0.4) is 0 Å². The molecule has 4 N–H and O–H groups in total. The highest BCUT2D eigenvalue weighted by molar-refractivity contribution is 5.87. The molecule has 466 valence electrons. The second-order valence-corrected chi connectivity index (χ2v) is 28.2. The molecule has 2 aromatic rings. The van der Waals surface area contributed by atoms with Crippen molar-refractivity contribution in [1.29, 1.82) is 0 Å². The fourth-order valence-corrected chi connectivity index (χ4v) is 13.5. The lowest BCUT2D eigenvalue weighted by Crippen LogP contribution is -2.46. The Labute approximate surface area is 523 Å². The topological polar surface area (TPSA) is 70.7 Å². The van der Waals surface area contributed by atoms with E-state index in [1.165, 1.54) is 112 Å². The molecule has 3 atom stereocenters. The zero-order valence-corrected chi connectivity index (χ0v) is 56.0. The Bertz CT molecular complexity index is 3100. The summed E-state index contributed by atoms with van der Waals surface area (Å²) in [4.78, 5) is 7.74. The van der Waals surface area contributed by atoms with Crippen LogP contribution in [0.2, 0.25) is 0 Å². The molecular formula is C78H114N8. The van der Waals surface area contributed by atoms with Gasteiger partial charge in [0.1, 0.15) is 0 Å². The summed E-state index contributed by atoms with van der Waals surface area (Å²) in [6.07, 6.45) is 31.8. The van der Waals surface area contributed by atoms with Crippen LogP contribution in [-0.2, 0) is 19.4 Å². The first-order valence-corrected chi connectivity index (χ1v) is 33.1. The molecule has 0 amide bonds. The van der Waals surface area contributed by atoms with Crippen LogP contribution < -0.4 is 21.3 Å². The van der Waals surface area contributed by atoms with E-state index in [4.69, 9.17) is 11.6 Å². The van der Waals surface area contributed by atoms with Gasteiger partial charge in [-0.1, -0.05) is 155 Å². The van der Waals surface area contributed by atoms with Crippen molar-refractivity contribution in [2.45, 2.75) is 222 Å². The number of pyridine rings is 1. The van der Waals surface area contributed by atoms with E-state index in [1.54, 1.807) is 0 Å². The molecule has 3 aliphatic heterocycles. The summed E-state index contributed by atoms with van der Waals surface area (Å²) in [5.74, 6) is 0.165. The van der Waals surface area contributed by atoms with Gasteiger partial charge >= 0.3 is 0 Å². The SMILES string of the molecule is C=C(CCC1=CCC(C)(NC(=C)C(CCCCC)NC(=C)CCCC(=C)NCCC(C)(C)CCC(C)(C)CCCNC(=C)CCN2C(=C)C(C)=C(C)C(=C)N2C)C=C1)CC(C(=C)C)C1=C(CC)C(=C)N2Cc3cc4cc5c(cc4nc3C2=C1)CCC5. The standard InChI is InChI=1S/C78H114N8/c1-21-23-24-32-72(81-57(8)29-25-28-55(6)80-45-43-77(17,18)42-41-76(15,16)38-27-44-79-56(7)37-46-86-62(13)59(10)58(9)61(12)84(86)20)60(11)83-78(19)39-35-64(36-40-78)34-33-54(5)47-70(53(3)4)71-51-74-75-68(52-85(74)63(14)69(71)22-2)49-67-48-65-30-26-31-66(65)50-73(67)82-75/h35-36,39,48-51,70,72,79-81,83H,3,5-8,11-14,21-34,37-38,40-47,52H2,1-2,4,9-10,15-20H3. The van der Waals surface area contributed by atoms with Gasteiger partial charge in [0.05, 0.1) is 46.4 Å². The molecule has 3 unspecified atom stereocenters. The minimum absolute atomic E-state index is 0.111. The minimum Gasteiger partial charge on any atom is -0.389 e. The van der Waals surface area contributed by atoms with Crippen molar-refractivity contribution in [2.24, 2.45) is 16.7 Å². The number of aromatic nitrogens is 1. The zero-order valence-electron chi connectivity index (χ0n) is 56.0. The quantitative estimate of drug-likeness (QED) is 0.0398. The predicted molar refractivity (Wildman–Crippen MR) is 372 cm³/mol. The molecule has 0 radical (unpaired) electrons. The Morgan fingerprint density at radius 2 is 1.42 bits per heavy atom. The largest absolute Gasteiger partial charge is 0.389 e.